The number of ether oxygens (including phenoxy) is 1. The molecule has 0 aliphatic carbocycles. The van der Waals surface area contributed by atoms with Crippen LogP contribution in [0.1, 0.15) is 16.1 Å². The summed E-state index contributed by atoms with van der Waals surface area (Å²) in [6.45, 7) is 0.313. The van der Waals surface area contributed by atoms with E-state index >= 15 is 0 Å². The molecule has 0 saturated heterocycles. The summed E-state index contributed by atoms with van der Waals surface area (Å²) in [5.41, 5.74) is 1.54. The summed E-state index contributed by atoms with van der Waals surface area (Å²) in [6.07, 6.45) is 4.71. The number of aromatic nitrogens is 4. The van der Waals surface area contributed by atoms with Crippen molar-refractivity contribution < 1.29 is 18.3 Å². The molecular formula is C21H16ClF2N5O2. The summed E-state index contributed by atoms with van der Waals surface area (Å²) in [5, 5.41) is 11.7. The van der Waals surface area contributed by atoms with E-state index in [1.165, 1.54) is 29.2 Å². The second-order valence-corrected chi connectivity index (χ2v) is 6.97. The molecule has 7 nitrogen and oxygen atoms in total. The van der Waals surface area contributed by atoms with Gasteiger partial charge < -0.3 is 10.1 Å². The van der Waals surface area contributed by atoms with E-state index < -0.39 is 17.5 Å². The lowest BCUT2D eigenvalue weighted by atomic mass is 10.2. The molecule has 2 aromatic heterocycles. The Morgan fingerprint density at radius 2 is 1.97 bits per heavy atom. The zero-order valence-corrected chi connectivity index (χ0v) is 16.8. The molecular weight excluding hydrogens is 428 g/mol. The lowest BCUT2D eigenvalue weighted by Gasteiger charge is -2.07. The molecule has 4 rings (SSSR count). The minimum atomic E-state index is -0.820. The molecule has 1 amide bonds. The highest BCUT2D eigenvalue weighted by Gasteiger charge is 2.12. The zero-order valence-electron chi connectivity index (χ0n) is 16.0. The van der Waals surface area contributed by atoms with E-state index in [1.807, 2.05) is 18.2 Å². The van der Waals surface area contributed by atoms with Crippen molar-refractivity contribution in [2.75, 3.05) is 5.32 Å². The molecule has 0 aliphatic rings. The second-order valence-electron chi connectivity index (χ2n) is 6.56. The smallest absolute Gasteiger partial charge is 0.276 e. The third kappa shape index (κ3) is 5.07. The normalized spacial score (nSPS) is 10.8. The van der Waals surface area contributed by atoms with Gasteiger partial charge in [0, 0.05) is 23.5 Å². The number of halogens is 3. The Hall–Kier alpha value is -3.72. The van der Waals surface area contributed by atoms with Crippen LogP contribution in [-0.4, -0.2) is 25.5 Å². The average Bonchev–Trinajstić information content (AvgIpc) is 3.39. The molecule has 2 heterocycles. The van der Waals surface area contributed by atoms with Gasteiger partial charge in [-0.05, 0) is 29.8 Å². The lowest BCUT2D eigenvalue weighted by Crippen LogP contribution is -2.14. The maximum Gasteiger partial charge on any atom is 0.276 e. The second kappa shape index (κ2) is 8.97. The first-order valence-corrected chi connectivity index (χ1v) is 9.54. The first kappa shape index (κ1) is 20.5. The van der Waals surface area contributed by atoms with E-state index in [-0.39, 0.29) is 18.2 Å². The fraction of sp³-hybridized carbons (Fsp3) is 0.0952. The predicted octanol–water partition coefficient (Wildman–Crippen LogP) is 4.35. The quantitative estimate of drug-likeness (QED) is 0.461. The van der Waals surface area contributed by atoms with Gasteiger partial charge >= 0.3 is 0 Å². The van der Waals surface area contributed by atoms with Gasteiger partial charge in [-0.2, -0.15) is 10.2 Å². The largest absolute Gasteiger partial charge is 0.468 e. The topological polar surface area (TPSA) is 74.0 Å². The number of anilines is 1. The van der Waals surface area contributed by atoms with Crippen molar-refractivity contribution in [2.24, 2.45) is 0 Å². The average molecular weight is 444 g/mol. The lowest BCUT2D eigenvalue weighted by molar-refractivity contribution is 0.102. The molecule has 2 aromatic carbocycles. The molecule has 0 unspecified atom stereocenters. The summed E-state index contributed by atoms with van der Waals surface area (Å²) in [5.74, 6) is -2.07. The van der Waals surface area contributed by atoms with Gasteiger partial charge in [-0.1, -0.05) is 29.8 Å². The number of nitrogens with zero attached hydrogens (tertiary/aromatic N) is 4. The fourth-order valence-corrected chi connectivity index (χ4v) is 2.99. The maximum atomic E-state index is 13.6. The van der Waals surface area contributed by atoms with Crippen LogP contribution in [-0.2, 0) is 13.3 Å². The van der Waals surface area contributed by atoms with Crippen molar-refractivity contribution in [3.63, 3.8) is 0 Å². The minimum absolute atomic E-state index is 0.117. The van der Waals surface area contributed by atoms with Crippen LogP contribution in [0.2, 0.25) is 5.02 Å². The highest BCUT2D eigenvalue weighted by Crippen LogP contribution is 2.19. The van der Waals surface area contributed by atoms with Gasteiger partial charge in [0.05, 0.1) is 18.4 Å². The van der Waals surface area contributed by atoms with E-state index in [2.05, 4.69) is 15.5 Å². The first-order valence-electron chi connectivity index (χ1n) is 9.16. The van der Waals surface area contributed by atoms with Crippen LogP contribution in [0.25, 0.3) is 0 Å². The van der Waals surface area contributed by atoms with E-state index in [9.17, 15) is 13.6 Å². The van der Waals surface area contributed by atoms with Gasteiger partial charge in [0.2, 0.25) is 0 Å². The van der Waals surface area contributed by atoms with Crippen molar-refractivity contribution in [1.82, 2.24) is 19.6 Å². The Balaban J connectivity index is 1.35. The fourth-order valence-electron chi connectivity index (χ4n) is 2.79. The van der Waals surface area contributed by atoms with Crippen molar-refractivity contribution in [3.05, 3.63) is 95.0 Å². The molecule has 1 N–H and O–H groups in total. The van der Waals surface area contributed by atoms with Crippen LogP contribution in [0.3, 0.4) is 0 Å². The summed E-state index contributed by atoms with van der Waals surface area (Å²) in [6, 6.07) is 11.9. The highest BCUT2D eigenvalue weighted by molar-refractivity contribution is 6.31. The maximum absolute atomic E-state index is 13.6. The Labute approximate surface area is 180 Å². The van der Waals surface area contributed by atoms with Gasteiger partial charge in [0.25, 0.3) is 5.91 Å². The van der Waals surface area contributed by atoms with E-state index in [4.69, 9.17) is 16.3 Å². The van der Waals surface area contributed by atoms with E-state index in [0.29, 0.717) is 17.3 Å². The number of hydrogen-bond donors (Lipinski definition) is 1. The number of amides is 1. The predicted molar refractivity (Wildman–Crippen MR) is 110 cm³/mol. The molecule has 0 aliphatic heterocycles. The standard InChI is InChI=1S/C21H16ClF2N5O2/c22-17-4-2-1-3-14(17)11-29-12-16(10-25-29)26-21(30)19-7-8-28(27-19)13-31-20-6-5-15(23)9-18(20)24/h1-10,12H,11,13H2,(H,26,30). The molecule has 0 saturated carbocycles. The van der Waals surface area contributed by atoms with Crippen LogP contribution in [0, 0.1) is 11.6 Å². The van der Waals surface area contributed by atoms with Gasteiger partial charge in [0.15, 0.2) is 24.0 Å². The third-order valence-electron chi connectivity index (χ3n) is 4.30. The summed E-state index contributed by atoms with van der Waals surface area (Å²) in [4.78, 5) is 12.4. The molecule has 10 heteroatoms. The van der Waals surface area contributed by atoms with Crippen LogP contribution in [0.4, 0.5) is 14.5 Å². The monoisotopic (exact) mass is 443 g/mol. The van der Waals surface area contributed by atoms with Crippen LogP contribution in [0.5, 0.6) is 5.75 Å². The Morgan fingerprint density at radius 1 is 1.13 bits per heavy atom. The van der Waals surface area contributed by atoms with Crippen LogP contribution in [0.15, 0.2) is 67.1 Å². The molecule has 0 atom stereocenters. The van der Waals surface area contributed by atoms with Crippen LogP contribution < -0.4 is 10.1 Å². The van der Waals surface area contributed by atoms with E-state index in [0.717, 1.165) is 17.7 Å². The zero-order chi connectivity index (χ0) is 21.8. The molecule has 4 aromatic rings. The van der Waals surface area contributed by atoms with Crippen molar-refractivity contribution in [1.29, 1.82) is 0 Å². The highest BCUT2D eigenvalue weighted by atomic mass is 35.5. The molecule has 0 fully saturated rings. The van der Waals surface area contributed by atoms with Gasteiger partial charge in [-0.15, -0.1) is 0 Å². The Morgan fingerprint density at radius 3 is 2.77 bits per heavy atom. The Bertz CT molecular complexity index is 1220. The number of rotatable bonds is 7. The van der Waals surface area contributed by atoms with Crippen LogP contribution >= 0.6 is 11.6 Å². The summed E-state index contributed by atoms with van der Waals surface area (Å²) >= 11 is 6.16. The molecule has 31 heavy (non-hydrogen) atoms. The Kier molecular flexibility index (Phi) is 5.94. The number of hydrogen-bond acceptors (Lipinski definition) is 4. The van der Waals surface area contributed by atoms with Gasteiger partial charge in [-0.25, -0.2) is 13.5 Å². The third-order valence-corrected chi connectivity index (χ3v) is 4.67. The first-order chi connectivity index (χ1) is 15.0. The summed E-state index contributed by atoms with van der Waals surface area (Å²) in [7, 11) is 0. The SMILES string of the molecule is O=C(Nc1cnn(Cc2ccccc2Cl)c1)c1ccn(COc2ccc(F)cc2F)n1. The van der Waals surface area contributed by atoms with Gasteiger partial charge in [-0.3, -0.25) is 9.48 Å². The number of nitrogens with one attached hydrogen (secondary N) is 1. The van der Waals surface area contributed by atoms with E-state index in [1.54, 1.807) is 16.9 Å². The number of carbonyl (C=O) groups is 1. The molecule has 0 bridgehead atoms. The molecule has 0 radical (unpaired) electrons. The van der Waals surface area contributed by atoms with Gasteiger partial charge in [0.1, 0.15) is 5.82 Å². The van der Waals surface area contributed by atoms with Crippen molar-refractivity contribution >= 4 is 23.2 Å². The minimum Gasteiger partial charge on any atom is -0.468 e. The number of benzene rings is 2. The molecule has 158 valence electrons. The summed E-state index contributed by atoms with van der Waals surface area (Å²) < 4.78 is 34.8. The number of carbonyl (C=O) groups excluding carboxylic acids is 1. The molecule has 0 spiro atoms. The van der Waals surface area contributed by atoms with Crippen molar-refractivity contribution in [3.8, 4) is 5.75 Å². The van der Waals surface area contributed by atoms with Crippen molar-refractivity contribution in [2.45, 2.75) is 13.3 Å².